The van der Waals surface area contributed by atoms with Gasteiger partial charge in [0, 0.05) is 0 Å². The lowest BCUT2D eigenvalue weighted by atomic mass is 10.7. The van der Waals surface area contributed by atoms with Gasteiger partial charge in [0.15, 0.2) is 12.6 Å². The number of oxime groups is 1. The summed E-state index contributed by atoms with van der Waals surface area (Å²) in [7, 11) is 0. The van der Waals surface area contributed by atoms with Crippen LogP contribution in [-0.2, 0) is 9.63 Å². The molecule has 0 bridgehead atoms. The van der Waals surface area contributed by atoms with Crippen molar-refractivity contribution in [3.05, 3.63) is 0 Å². The Balaban J connectivity index is 3.85. The first kappa shape index (κ1) is 10.0. The Labute approximate surface area is 68.2 Å². The molecule has 12 heavy (non-hydrogen) atoms. The van der Waals surface area contributed by atoms with Crippen LogP contribution in [0.5, 0.6) is 0 Å². The standard InChI is InChI=1S/C4H10N6O2/c5-2(11)1-12-10-4(8)9-3(6)7/h1H2,(H2,5,11)(H6,6,7,8,9,10). The lowest BCUT2D eigenvalue weighted by Crippen LogP contribution is -2.26. The summed E-state index contributed by atoms with van der Waals surface area (Å²) in [5, 5.41) is 3.15. The van der Waals surface area contributed by atoms with Crippen molar-refractivity contribution in [2.24, 2.45) is 33.1 Å². The van der Waals surface area contributed by atoms with Crippen molar-refractivity contribution in [2.45, 2.75) is 0 Å². The molecule has 0 rings (SSSR count). The summed E-state index contributed by atoms with van der Waals surface area (Å²) in [6.45, 7) is -0.374. The van der Waals surface area contributed by atoms with Gasteiger partial charge >= 0.3 is 0 Å². The minimum absolute atomic E-state index is 0.251. The predicted octanol–water partition coefficient (Wildman–Crippen LogP) is -3.01. The van der Waals surface area contributed by atoms with Crippen molar-refractivity contribution < 1.29 is 9.63 Å². The predicted molar refractivity (Wildman–Crippen MR) is 42.6 cm³/mol. The van der Waals surface area contributed by atoms with Crippen LogP contribution in [0, 0.1) is 0 Å². The molecule has 0 saturated heterocycles. The molecule has 0 heterocycles. The molecule has 1 amide bonds. The lowest BCUT2D eigenvalue weighted by Gasteiger charge is -1.94. The molecule has 0 saturated carbocycles. The molecule has 0 aromatic carbocycles. The molecule has 0 aromatic rings. The average molecular weight is 174 g/mol. The van der Waals surface area contributed by atoms with Crippen LogP contribution in [0.3, 0.4) is 0 Å². The maximum atomic E-state index is 10.1. The van der Waals surface area contributed by atoms with Crippen molar-refractivity contribution in [3.8, 4) is 0 Å². The van der Waals surface area contributed by atoms with Gasteiger partial charge < -0.3 is 27.8 Å². The van der Waals surface area contributed by atoms with Crippen molar-refractivity contribution in [1.29, 1.82) is 0 Å². The quantitative estimate of drug-likeness (QED) is 0.204. The highest BCUT2D eigenvalue weighted by Crippen LogP contribution is 1.76. The molecule has 0 fully saturated rings. The highest BCUT2D eigenvalue weighted by Gasteiger charge is 1.93. The monoisotopic (exact) mass is 174 g/mol. The summed E-state index contributed by atoms with van der Waals surface area (Å²) in [5.74, 6) is -1.20. The van der Waals surface area contributed by atoms with E-state index in [4.69, 9.17) is 22.9 Å². The van der Waals surface area contributed by atoms with Crippen LogP contribution in [0.4, 0.5) is 0 Å². The second kappa shape index (κ2) is 4.77. The number of primary amides is 1. The molecule has 0 aliphatic carbocycles. The Bertz CT molecular complexity index is 218. The summed E-state index contributed by atoms with van der Waals surface area (Å²) in [6.07, 6.45) is 0. The number of nitrogens with zero attached hydrogens (tertiary/aromatic N) is 2. The van der Waals surface area contributed by atoms with Gasteiger partial charge in [-0.15, -0.1) is 0 Å². The highest BCUT2D eigenvalue weighted by atomic mass is 16.6. The fraction of sp³-hybridized carbons (Fsp3) is 0.250. The minimum Gasteiger partial charge on any atom is -0.383 e. The van der Waals surface area contributed by atoms with E-state index in [1.807, 2.05) is 0 Å². The first-order valence-electron chi connectivity index (χ1n) is 2.85. The van der Waals surface area contributed by atoms with E-state index in [1.54, 1.807) is 0 Å². The van der Waals surface area contributed by atoms with Gasteiger partial charge in [0.2, 0.25) is 0 Å². The zero-order valence-corrected chi connectivity index (χ0v) is 6.23. The van der Waals surface area contributed by atoms with E-state index < -0.39 is 5.91 Å². The van der Waals surface area contributed by atoms with E-state index >= 15 is 0 Å². The number of aliphatic imine (C=N–C) groups is 1. The number of guanidine groups is 2. The highest BCUT2D eigenvalue weighted by molar-refractivity contribution is 5.92. The van der Waals surface area contributed by atoms with E-state index in [1.165, 1.54) is 0 Å². The van der Waals surface area contributed by atoms with Crippen LogP contribution >= 0.6 is 0 Å². The molecule has 0 atom stereocenters. The molecule has 0 aliphatic rings. The normalized spacial score (nSPS) is 10.5. The fourth-order valence-corrected chi connectivity index (χ4v) is 0.315. The number of nitrogens with two attached hydrogens (primary N) is 4. The van der Waals surface area contributed by atoms with E-state index in [-0.39, 0.29) is 18.5 Å². The Morgan fingerprint density at radius 1 is 1.25 bits per heavy atom. The van der Waals surface area contributed by atoms with Crippen molar-refractivity contribution >= 4 is 17.8 Å². The molecule has 8 nitrogen and oxygen atoms in total. The number of carbonyl (C=O) groups excluding carboxylic acids is 1. The number of hydrogen-bond acceptors (Lipinski definition) is 3. The van der Waals surface area contributed by atoms with Gasteiger partial charge in [-0.3, -0.25) is 4.79 Å². The first-order valence-corrected chi connectivity index (χ1v) is 2.85. The summed E-state index contributed by atoms with van der Waals surface area (Å²) in [4.78, 5) is 17.7. The van der Waals surface area contributed by atoms with Crippen LogP contribution in [0.25, 0.3) is 0 Å². The lowest BCUT2D eigenvalue weighted by molar-refractivity contribution is -0.122. The van der Waals surface area contributed by atoms with Gasteiger partial charge in [0.1, 0.15) is 0 Å². The Kier molecular flexibility index (Phi) is 3.98. The summed E-state index contributed by atoms with van der Waals surface area (Å²) in [5.41, 5.74) is 19.7. The first-order chi connectivity index (χ1) is 5.52. The number of carbonyl (C=O) groups is 1. The zero-order chi connectivity index (χ0) is 9.56. The van der Waals surface area contributed by atoms with Crippen LogP contribution in [0.2, 0.25) is 0 Å². The average Bonchev–Trinajstić information content (AvgIpc) is 1.84. The van der Waals surface area contributed by atoms with Crippen LogP contribution in [-0.4, -0.2) is 24.4 Å². The second-order valence-electron chi connectivity index (χ2n) is 1.73. The molecule has 0 spiro atoms. The molecule has 8 N–H and O–H groups in total. The SMILES string of the molecule is NC(=O)CO/N=C(\N)N=C(N)N. The van der Waals surface area contributed by atoms with E-state index in [0.717, 1.165) is 0 Å². The number of rotatable bonds is 3. The summed E-state index contributed by atoms with van der Waals surface area (Å²) in [6, 6.07) is 0. The third-order valence-corrected chi connectivity index (χ3v) is 0.609. The van der Waals surface area contributed by atoms with Gasteiger partial charge in [-0.1, -0.05) is 0 Å². The fourth-order valence-electron chi connectivity index (χ4n) is 0.315. The molecule has 0 aliphatic heterocycles. The van der Waals surface area contributed by atoms with Crippen LogP contribution < -0.4 is 22.9 Å². The maximum absolute atomic E-state index is 10.1. The summed E-state index contributed by atoms with van der Waals surface area (Å²) >= 11 is 0. The third-order valence-electron chi connectivity index (χ3n) is 0.609. The van der Waals surface area contributed by atoms with Gasteiger partial charge in [0.25, 0.3) is 11.9 Å². The number of amides is 1. The van der Waals surface area contributed by atoms with E-state index in [0.29, 0.717) is 0 Å². The Hall–Kier alpha value is -1.99. The van der Waals surface area contributed by atoms with Crippen molar-refractivity contribution in [2.75, 3.05) is 6.61 Å². The number of hydrogen-bond donors (Lipinski definition) is 4. The van der Waals surface area contributed by atoms with Gasteiger partial charge in [-0.25, -0.2) is 0 Å². The van der Waals surface area contributed by atoms with Gasteiger partial charge in [-0.05, 0) is 5.16 Å². The molecular weight excluding hydrogens is 164 g/mol. The smallest absolute Gasteiger partial charge is 0.260 e. The van der Waals surface area contributed by atoms with Crippen LogP contribution in [0.1, 0.15) is 0 Å². The van der Waals surface area contributed by atoms with Crippen LogP contribution in [0.15, 0.2) is 10.1 Å². The van der Waals surface area contributed by atoms with Gasteiger partial charge in [0.05, 0.1) is 0 Å². The topological polar surface area (TPSA) is 155 Å². The molecule has 68 valence electrons. The van der Waals surface area contributed by atoms with Crippen molar-refractivity contribution in [1.82, 2.24) is 0 Å². The Morgan fingerprint density at radius 3 is 2.25 bits per heavy atom. The van der Waals surface area contributed by atoms with Crippen molar-refractivity contribution in [3.63, 3.8) is 0 Å². The second-order valence-corrected chi connectivity index (χ2v) is 1.73. The third kappa shape index (κ3) is 6.13. The zero-order valence-electron chi connectivity index (χ0n) is 6.23. The molecule has 0 aromatic heterocycles. The molecular formula is C4H10N6O2. The largest absolute Gasteiger partial charge is 0.383 e. The molecule has 0 unspecified atom stereocenters. The maximum Gasteiger partial charge on any atom is 0.260 e. The van der Waals surface area contributed by atoms with E-state index in [2.05, 4.69) is 15.0 Å². The van der Waals surface area contributed by atoms with Gasteiger partial charge in [-0.2, -0.15) is 4.99 Å². The summed E-state index contributed by atoms with van der Waals surface area (Å²) < 4.78 is 0. The Morgan fingerprint density at radius 2 is 1.83 bits per heavy atom. The molecule has 0 radical (unpaired) electrons. The molecule has 8 heteroatoms. The van der Waals surface area contributed by atoms with E-state index in [9.17, 15) is 4.79 Å². The minimum atomic E-state index is -0.670.